The number of amidine groups is 1. The van der Waals surface area contributed by atoms with Gasteiger partial charge in [-0.2, -0.15) is 0 Å². The third-order valence-corrected chi connectivity index (χ3v) is 7.69. The molecule has 4 aromatic carbocycles. The van der Waals surface area contributed by atoms with E-state index in [0.29, 0.717) is 0 Å². The average molecular weight is 519 g/mol. The number of aliphatic imine (C=N–C) groups is 1. The Bertz CT molecular complexity index is 1510. The van der Waals surface area contributed by atoms with Gasteiger partial charge in [-0.25, -0.2) is 14.4 Å². The lowest BCUT2D eigenvalue weighted by Crippen LogP contribution is -2.49. The highest BCUT2D eigenvalue weighted by molar-refractivity contribution is 7.19. The minimum Gasteiger partial charge on any atom is -0.368 e. The van der Waals surface area contributed by atoms with Crippen LogP contribution < -0.4 is 4.90 Å². The van der Waals surface area contributed by atoms with Crippen LogP contribution in [0.4, 0.5) is 15.1 Å². The molecule has 1 aromatic heterocycles. The van der Waals surface area contributed by atoms with Gasteiger partial charge in [0, 0.05) is 48.6 Å². The van der Waals surface area contributed by atoms with E-state index in [1.54, 1.807) is 11.3 Å². The van der Waals surface area contributed by atoms with E-state index in [4.69, 9.17) is 9.98 Å². The maximum atomic E-state index is 13.4. The Morgan fingerprint density at radius 2 is 1.26 bits per heavy atom. The molecular formula is C32H27FN4S. The van der Waals surface area contributed by atoms with Crippen molar-refractivity contribution >= 4 is 27.9 Å². The van der Waals surface area contributed by atoms with Gasteiger partial charge in [0.05, 0.1) is 0 Å². The van der Waals surface area contributed by atoms with Crippen molar-refractivity contribution in [3.63, 3.8) is 0 Å². The van der Waals surface area contributed by atoms with Crippen LogP contribution in [0.3, 0.4) is 0 Å². The molecule has 0 saturated carbocycles. The molecule has 0 radical (unpaired) electrons. The van der Waals surface area contributed by atoms with E-state index in [1.807, 2.05) is 54.6 Å². The van der Waals surface area contributed by atoms with E-state index in [9.17, 15) is 4.39 Å². The van der Waals surface area contributed by atoms with Gasteiger partial charge in [0.25, 0.3) is 0 Å². The molecule has 0 aliphatic carbocycles. The number of aromatic nitrogens is 1. The van der Waals surface area contributed by atoms with E-state index in [-0.39, 0.29) is 5.82 Å². The third-order valence-electron chi connectivity index (χ3n) is 6.69. The van der Waals surface area contributed by atoms with Crippen molar-refractivity contribution in [3.05, 3.63) is 127 Å². The molecule has 0 N–H and O–H groups in total. The normalized spacial score (nSPS) is 14.1. The van der Waals surface area contributed by atoms with Crippen molar-refractivity contribution < 1.29 is 4.39 Å². The number of thiazole rings is 1. The topological polar surface area (TPSA) is 31.7 Å². The Balaban J connectivity index is 1.38. The summed E-state index contributed by atoms with van der Waals surface area (Å²) in [4.78, 5) is 15.0. The summed E-state index contributed by atoms with van der Waals surface area (Å²) in [7, 11) is 0. The monoisotopic (exact) mass is 518 g/mol. The van der Waals surface area contributed by atoms with Crippen LogP contribution in [-0.4, -0.2) is 41.9 Å². The van der Waals surface area contributed by atoms with Gasteiger partial charge in [0.1, 0.15) is 27.4 Å². The molecule has 1 saturated heterocycles. The van der Waals surface area contributed by atoms with Gasteiger partial charge in [-0.3, -0.25) is 0 Å². The second kappa shape index (κ2) is 11.0. The molecule has 0 bridgehead atoms. The summed E-state index contributed by atoms with van der Waals surface area (Å²) < 4.78 is 13.4. The van der Waals surface area contributed by atoms with Crippen molar-refractivity contribution in [3.8, 4) is 21.8 Å². The molecule has 0 spiro atoms. The Labute approximate surface area is 226 Å². The fourth-order valence-electron chi connectivity index (χ4n) is 4.71. The first-order chi connectivity index (χ1) is 18.7. The van der Waals surface area contributed by atoms with Gasteiger partial charge in [-0.1, -0.05) is 102 Å². The highest BCUT2D eigenvalue weighted by Gasteiger charge is 2.23. The van der Waals surface area contributed by atoms with Gasteiger partial charge in [-0.15, -0.1) is 0 Å². The van der Waals surface area contributed by atoms with E-state index in [2.05, 4.69) is 58.3 Å². The molecule has 1 fully saturated rings. The summed E-state index contributed by atoms with van der Waals surface area (Å²) in [5, 5.41) is 1.85. The van der Waals surface area contributed by atoms with Gasteiger partial charge in [0.2, 0.25) is 0 Å². The number of rotatable bonds is 5. The number of benzene rings is 4. The zero-order valence-electron chi connectivity index (χ0n) is 20.9. The molecule has 0 unspecified atom stereocenters. The summed E-state index contributed by atoms with van der Waals surface area (Å²) in [5.74, 6) is 0.740. The summed E-state index contributed by atoms with van der Waals surface area (Å²) in [5.41, 5.74) is 5.17. The van der Waals surface area contributed by atoms with Crippen LogP contribution in [0.15, 0.2) is 120 Å². The minimum absolute atomic E-state index is 0.209. The molecule has 2 heterocycles. The van der Waals surface area contributed by atoms with E-state index >= 15 is 0 Å². The van der Waals surface area contributed by atoms with Crippen LogP contribution in [-0.2, 0) is 0 Å². The molecule has 0 atom stereocenters. The van der Waals surface area contributed by atoms with Gasteiger partial charge >= 0.3 is 0 Å². The molecule has 6 heteroatoms. The first-order valence-electron chi connectivity index (χ1n) is 12.8. The van der Waals surface area contributed by atoms with Crippen molar-refractivity contribution in [2.75, 3.05) is 31.1 Å². The maximum Gasteiger partial charge on any atom is 0.146 e. The average Bonchev–Trinajstić information content (AvgIpc) is 3.42. The molecule has 0 amide bonds. The first-order valence-corrected chi connectivity index (χ1v) is 13.6. The first kappa shape index (κ1) is 24.1. The summed E-state index contributed by atoms with van der Waals surface area (Å²) in [6, 6.07) is 37.7. The summed E-state index contributed by atoms with van der Waals surface area (Å²) in [6.45, 7) is 3.30. The lowest BCUT2D eigenvalue weighted by Gasteiger charge is -2.37. The Morgan fingerprint density at radius 1 is 0.684 bits per heavy atom. The molecule has 1 aliphatic rings. The lowest BCUT2D eigenvalue weighted by molar-refractivity contribution is 0.386. The van der Waals surface area contributed by atoms with Crippen molar-refractivity contribution in [2.45, 2.75) is 0 Å². The Kier molecular flexibility index (Phi) is 6.96. The third kappa shape index (κ3) is 5.22. The number of halogens is 1. The van der Waals surface area contributed by atoms with Crippen molar-refractivity contribution in [1.29, 1.82) is 0 Å². The predicted molar refractivity (Wildman–Crippen MR) is 156 cm³/mol. The van der Waals surface area contributed by atoms with Gasteiger partial charge in [0.15, 0.2) is 0 Å². The van der Waals surface area contributed by atoms with Crippen molar-refractivity contribution in [1.82, 2.24) is 9.88 Å². The fourth-order valence-corrected chi connectivity index (χ4v) is 5.67. The van der Waals surface area contributed by atoms with E-state index < -0.39 is 0 Å². The summed E-state index contributed by atoms with van der Waals surface area (Å²) in [6.07, 6.45) is 0. The molecule has 188 valence electrons. The van der Waals surface area contributed by atoms with Crippen LogP contribution in [0.5, 0.6) is 0 Å². The zero-order chi connectivity index (χ0) is 25.7. The van der Waals surface area contributed by atoms with E-state index in [0.717, 1.165) is 70.1 Å². The minimum atomic E-state index is -0.209. The SMILES string of the molecule is Fc1ccc(N2CCN(/C(=N\c3sc(-c4ccccc4)nc3-c3ccccc3)c3ccccc3)CC2)cc1. The largest absolute Gasteiger partial charge is 0.368 e. The second-order valence-corrected chi connectivity index (χ2v) is 10.1. The number of hydrogen-bond acceptors (Lipinski definition) is 4. The zero-order valence-corrected chi connectivity index (χ0v) is 21.7. The molecule has 5 aromatic rings. The predicted octanol–water partition coefficient (Wildman–Crippen LogP) is 7.52. The van der Waals surface area contributed by atoms with Gasteiger partial charge in [-0.05, 0) is 24.3 Å². The van der Waals surface area contributed by atoms with Crippen LogP contribution in [0, 0.1) is 5.82 Å². The molecule has 1 aliphatic heterocycles. The second-order valence-electron chi connectivity index (χ2n) is 9.16. The Hall–Kier alpha value is -4.29. The molecular weight excluding hydrogens is 491 g/mol. The van der Waals surface area contributed by atoms with Crippen LogP contribution in [0.2, 0.25) is 0 Å². The van der Waals surface area contributed by atoms with Crippen molar-refractivity contribution in [2.24, 2.45) is 4.99 Å². The number of anilines is 1. The van der Waals surface area contributed by atoms with E-state index in [1.165, 1.54) is 12.1 Å². The van der Waals surface area contributed by atoms with Crippen LogP contribution >= 0.6 is 11.3 Å². The Morgan fingerprint density at radius 3 is 1.89 bits per heavy atom. The highest BCUT2D eigenvalue weighted by Crippen LogP contribution is 2.40. The smallest absolute Gasteiger partial charge is 0.146 e. The molecule has 4 nitrogen and oxygen atoms in total. The number of hydrogen-bond donors (Lipinski definition) is 0. The fraction of sp³-hybridized carbons (Fsp3) is 0.125. The quantitative estimate of drug-likeness (QED) is 0.178. The van der Waals surface area contributed by atoms with Crippen LogP contribution in [0.25, 0.3) is 21.8 Å². The van der Waals surface area contributed by atoms with Gasteiger partial charge < -0.3 is 9.80 Å². The molecule has 38 heavy (non-hydrogen) atoms. The lowest BCUT2D eigenvalue weighted by atomic mass is 10.1. The number of nitrogens with zero attached hydrogens (tertiary/aromatic N) is 4. The molecule has 6 rings (SSSR count). The number of piperazine rings is 1. The maximum absolute atomic E-state index is 13.4. The summed E-state index contributed by atoms with van der Waals surface area (Å²) >= 11 is 1.62. The highest BCUT2D eigenvalue weighted by atomic mass is 32.1. The standard InChI is InChI=1S/C32H27FN4S/c33-27-16-18-28(19-17-27)36-20-22-37(23-21-36)30(25-12-6-2-7-13-25)35-32-29(24-10-4-1-5-11-24)34-31(38-32)26-14-8-3-9-15-26/h1-19H,20-23H2/b35-30-. The van der Waals surface area contributed by atoms with Crippen LogP contribution in [0.1, 0.15) is 5.56 Å².